The molecule has 1 aromatic carbocycles. The SMILES string of the molecule is CC(C)(C)c1nc2ccccc2n1CCC#N. The van der Waals surface area contributed by atoms with Gasteiger partial charge in [-0.2, -0.15) is 5.26 Å². The summed E-state index contributed by atoms with van der Waals surface area (Å²) in [6.07, 6.45) is 0.517. The minimum atomic E-state index is -0.00548. The van der Waals surface area contributed by atoms with E-state index in [1.54, 1.807) is 0 Å². The van der Waals surface area contributed by atoms with Crippen LogP contribution in [0.15, 0.2) is 24.3 Å². The van der Waals surface area contributed by atoms with Crippen LogP contribution in [0.1, 0.15) is 33.0 Å². The van der Waals surface area contributed by atoms with Crippen molar-refractivity contribution in [2.75, 3.05) is 0 Å². The molecule has 0 aliphatic heterocycles. The predicted octanol–water partition coefficient (Wildman–Crippen LogP) is 3.25. The molecule has 0 aliphatic rings. The first-order chi connectivity index (χ1) is 8.04. The average molecular weight is 227 g/mol. The summed E-state index contributed by atoms with van der Waals surface area (Å²) < 4.78 is 2.17. The summed E-state index contributed by atoms with van der Waals surface area (Å²) in [6.45, 7) is 7.16. The third-order valence-corrected chi connectivity index (χ3v) is 2.77. The molecule has 3 heteroatoms. The van der Waals surface area contributed by atoms with Gasteiger partial charge < -0.3 is 4.57 Å². The Labute approximate surface area is 102 Å². The van der Waals surface area contributed by atoms with Gasteiger partial charge in [0.2, 0.25) is 0 Å². The quantitative estimate of drug-likeness (QED) is 0.790. The summed E-state index contributed by atoms with van der Waals surface area (Å²) in [5.74, 6) is 1.05. The molecule has 88 valence electrons. The van der Waals surface area contributed by atoms with Crippen LogP contribution < -0.4 is 0 Å². The van der Waals surface area contributed by atoms with Crippen LogP contribution in [-0.4, -0.2) is 9.55 Å². The summed E-state index contributed by atoms with van der Waals surface area (Å²) in [5, 5.41) is 8.75. The molecule has 1 heterocycles. The first kappa shape index (κ1) is 11.7. The molecule has 0 N–H and O–H groups in total. The monoisotopic (exact) mass is 227 g/mol. The third-order valence-electron chi connectivity index (χ3n) is 2.77. The molecule has 0 unspecified atom stereocenters. The molecule has 2 rings (SSSR count). The second-order valence-electron chi connectivity index (χ2n) is 5.23. The normalized spacial score (nSPS) is 11.6. The molecule has 0 saturated carbocycles. The molecule has 0 amide bonds. The van der Waals surface area contributed by atoms with Gasteiger partial charge in [0.15, 0.2) is 0 Å². The van der Waals surface area contributed by atoms with Gasteiger partial charge in [-0.15, -0.1) is 0 Å². The molecular formula is C14H17N3. The van der Waals surface area contributed by atoms with Crippen LogP contribution in [0, 0.1) is 11.3 Å². The van der Waals surface area contributed by atoms with Crippen LogP contribution >= 0.6 is 0 Å². The number of aryl methyl sites for hydroxylation is 1. The summed E-state index contributed by atoms with van der Waals surface area (Å²) in [6, 6.07) is 10.3. The van der Waals surface area contributed by atoms with E-state index in [1.807, 2.05) is 18.2 Å². The minimum Gasteiger partial charge on any atom is -0.327 e. The number of benzene rings is 1. The maximum Gasteiger partial charge on any atom is 0.115 e. The van der Waals surface area contributed by atoms with E-state index in [9.17, 15) is 0 Å². The fourth-order valence-corrected chi connectivity index (χ4v) is 2.04. The van der Waals surface area contributed by atoms with Gasteiger partial charge in [0.05, 0.1) is 23.5 Å². The number of hydrogen-bond acceptors (Lipinski definition) is 2. The highest BCUT2D eigenvalue weighted by Crippen LogP contribution is 2.26. The Balaban J connectivity index is 2.62. The lowest BCUT2D eigenvalue weighted by Gasteiger charge is -2.19. The fraction of sp³-hybridized carbons (Fsp3) is 0.429. The molecule has 0 spiro atoms. The molecule has 17 heavy (non-hydrogen) atoms. The van der Waals surface area contributed by atoms with Crippen molar-refractivity contribution in [2.45, 2.75) is 39.2 Å². The van der Waals surface area contributed by atoms with Crippen molar-refractivity contribution in [2.24, 2.45) is 0 Å². The first-order valence-electron chi connectivity index (χ1n) is 5.87. The highest BCUT2D eigenvalue weighted by molar-refractivity contribution is 5.76. The van der Waals surface area contributed by atoms with Gasteiger partial charge in [-0.05, 0) is 12.1 Å². The Kier molecular flexibility index (Phi) is 2.89. The van der Waals surface area contributed by atoms with Crippen molar-refractivity contribution < 1.29 is 0 Å². The van der Waals surface area contributed by atoms with Gasteiger partial charge in [0.1, 0.15) is 5.82 Å². The molecule has 2 aromatic rings. The van der Waals surface area contributed by atoms with Crippen molar-refractivity contribution >= 4 is 11.0 Å². The summed E-state index contributed by atoms with van der Waals surface area (Å²) >= 11 is 0. The lowest BCUT2D eigenvalue weighted by atomic mass is 9.95. The van der Waals surface area contributed by atoms with Crippen LogP contribution in [0.2, 0.25) is 0 Å². The summed E-state index contributed by atoms with van der Waals surface area (Å²) in [5.41, 5.74) is 2.12. The molecule has 1 aromatic heterocycles. The van der Waals surface area contributed by atoms with Crippen molar-refractivity contribution in [1.82, 2.24) is 9.55 Å². The summed E-state index contributed by atoms with van der Waals surface area (Å²) in [4.78, 5) is 4.69. The second kappa shape index (κ2) is 4.21. The number of nitrogens with zero attached hydrogens (tertiary/aromatic N) is 3. The fourth-order valence-electron chi connectivity index (χ4n) is 2.04. The number of fused-ring (bicyclic) bond motifs is 1. The van der Waals surface area contributed by atoms with Crippen LogP contribution in [-0.2, 0) is 12.0 Å². The van der Waals surface area contributed by atoms with Gasteiger partial charge in [0, 0.05) is 12.0 Å². The second-order valence-corrected chi connectivity index (χ2v) is 5.23. The average Bonchev–Trinajstić information content (AvgIpc) is 2.65. The van der Waals surface area contributed by atoms with Gasteiger partial charge in [-0.3, -0.25) is 0 Å². The lowest BCUT2D eigenvalue weighted by Crippen LogP contribution is -2.19. The van der Waals surface area contributed by atoms with E-state index in [-0.39, 0.29) is 5.41 Å². The Bertz CT molecular complexity index is 567. The molecule has 0 atom stereocenters. The molecule has 0 saturated heterocycles. The maximum atomic E-state index is 8.75. The molecule has 0 fully saturated rings. The van der Waals surface area contributed by atoms with Crippen molar-refractivity contribution in [1.29, 1.82) is 5.26 Å². The number of rotatable bonds is 2. The minimum absolute atomic E-state index is 0.00548. The van der Waals surface area contributed by atoms with Crippen LogP contribution in [0.25, 0.3) is 11.0 Å². The van der Waals surface area contributed by atoms with E-state index in [0.29, 0.717) is 13.0 Å². The van der Waals surface area contributed by atoms with Gasteiger partial charge in [-0.25, -0.2) is 4.98 Å². The molecule has 0 radical (unpaired) electrons. The van der Waals surface area contributed by atoms with E-state index in [0.717, 1.165) is 16.9 Å². The smallest absolute Gasteiger partial charge is 0.115 e. The van der Waals surface area contributed by atoms with E-state index in [1.165, 1.54) is 0 Å². The standard InChI is InChI=1S/C14H17N3/c1-14(2,3)13-16-11-7-4-5-8-12(11)17(13)10-6-9-15/h4-5,7-8H,6,10H2,1-3H3. The maximum absolute atomic E-state index is 8.75. The first-order valence-corrected chi connectivity index (χ1v) is 5.87. The van der Waals surface area contributed by atoms with Crippen LogP contribution in [0.3, 0.4) is 0 Å². The Morgan fingerprint density at radius 1 is 1.29 bits per heavy atom. The lowest BCUT2D eigenvalue weighted by molar-refractivity contribution is 0.506. The predicted molar refractivity (Wildman–Crippen MR) is 68.7 cm³/mol. The zero-order valence-corrected chi connectivity index (χ0v) is 10.6. The largest absolute Gasteiger partial charge is 0.327 e. The van der Waals surface area contributed by atoms with Crippen molar-refractivity contribution in [3.8, 4) is 6.07 Å². The molecular weight excluding hydrogens is 210 g/mol. The van der Waals surface area contributed by atoms with E-state index >= 15 is 0 Å². The Hall–Kier alpha value is -1.82. The van der Waals surface area contributed by atoms with Gasteiger partial charge in [-0.1, -0.05) is 32.9 Å². The Morgan fingerprint density at radius 2 is 2.00 bits per heavy atom. The number of para-hydroxylation sites is 2. The van der Waals surface area contributed by atoms with E-state index < -0.39 is 0 Å². The number of nitriles is 1. The Morgan fingerprint density at radius 3 is 2.65 bits per heavy atom. The van der Waals surface area contributed by atoms with Gasteiger partial charge >= 0.3 is 0 Å². The van der Waals surface area contributed by atoms with E-state index in [2.05, 4.69) is 37.5 Å². The third kappa shape index (κ3) is 2.16. The van der Waals surface area contributed by atoms with Crippen LogP contribution in [0.5, 0.6) is 0 Å². The van der Waals surface area contributed by atoms with Gasteiger partial charge in [0.25, 0.3) is 0 Å². The highest BCUT2D eigenvalue weighted by atomic mass is 15.1. The van der Waals surface area contributed by atoms with Crippen molar-refractivity contribution in [3.63, 3.8) is 0 Å². The topological polar surface area (TPSA) is 41.6 Å². The number of imidazole rings is 1. The molecule has 0 aliphatic carbocycles. The number of aromatic nitrogens is 2. The van der Waals surface area contributed by atoms with E-state index in [4.69, 9.17) is 10.2 Å². The highest BCUT2D eigenvalue weighted by Gasteiger charge is 2.22. The number of hydrogen-bond donors (Lipinski definition) is 0. The van der Waals surface area contributed by atoms with Crippen LogP contribution in [0.4, 0.5) is 0 Å². The summed E-state index contributed by atoms with van der Waals surface area (Å²) in [7, 11) is 0. The zero-order chi connectivity index (χ0) is 12.5. The molecule has 0 bridgehead atoms. The zero-order valence-electron chi connectivity index (χ0n) is 10.6. The molecule has 3 nitrogen and oxygen atoms in total. The van der Waals surface area contributed by atoms with Crippen molar-refractivity contribution in [3.05, 3.63) is 30.1 Å².